The summed E-state index contributed by atoms with van der Waals surface area (Å²) in [7, 11) is 0. The molecule has 0 aromatic heterocycles. The van der Waals surface area contributed by atoms with Crippen LogP contribution in [0.2, 0.25) is 5.02 Å². The highest BCUT2D eigenvalue weighted by molar-refractivity contribution is 8.02. The van der Waals surface area contributed by atoms with E-state index in [1.807, 2.05) is 12.1 Å². The second-order valence-electron chi connectivity index (χ2n) is 10.2. The standard InChI is InChI=1S/C29H37ClN2O5S/c1-3-5-19-37-28(36)23-22-14-15-29(38-22)24(23)26(34)32(17-10-6-7-11-18-33)25(29)27(35)31(16-4-2)21-13-9-8-12-20(21)30/h3-4,8-9,12-13,22-25,33H,1-2,5-7,10-11,14-19H2/t22-,23+,24+,25?,29?/m1/s1. The molecule has 1 aromatic carbocycles. The Morgan fingerprint density at radius 3 is 2.68 bits per heavy atom. The predicted molar refractivity (Wildman–Crippen MR) is 151 cm³/mol. The van der Waals surface area contributed by atoms with Crippen molar-refractivity contribution in [2.45, 2.75) is 61.0 Å². The number of hydrogen-bond acceptors (Lipinski definition) is 6. The number of ether oxygens (including phenoxy) is 1. The molecule has 0 aliphatic carbocycles. The predicted octanol–water partition coefficient (Wildman–Crippen LogP) is 4.62. The number of benzene rings is 1. The molecule has 1 aromatic rings. The number of hydrogen-bond donors (Lipinski definition) is 1. The fourth-order valence-corrected chi connectivity index (χ4v) is 8.72. The van der Waals surface area contributed by atoms with E-state index in [1.54, 1.807) is 45.8 Å². The number of carbonyl (C=O) groups excluding carboxylic acids is 3. The summed E-state index contributed by atoms with van der Waals surface area (Å²) in [5.41, 5.74) is 0.576. The Labute approximate surface area is 234 Å². The molecule has 2 amide bonds. The molecular weight excluding hydrogens is 524 g/mol. The van der Waals surface area contributed by atoms with Crippen LogP contribution in [0.15, 0.2) is 49.6 Å². The van der Waals surface area contributed by atoms with Gasteiger partial charge in [-0.15, -0.1) is 24.9 Å². The second kappa shape index (κ2) is 12.7. The molecule has 3 aliphatic rings. The van der Waals surface area contributed by atoms with Gasteiger partial charge in [0.25, 0.3) is 5.91 Å². The maximum atomic E-state index is 14.4. The summed E-state index contributed by atoms with van der Waals surface area (Å²) in [5, 5.41) is 9.53. The fraction of sp³-hybridized carbons (Fsp3) is 0.552. The van der Waals surface area contributed by atoms with E-state index in [1.165, 1.54) is 0 Å². The molecule has 3 heterocycles. The Bertz CT molecular complexity index is 1070. The van der Waals surface area contributed by atoms with Crippen molar-refractivity contribution in [1.29, 1.82) is 0 Å². The van der Waals surface area contributed by atoms with Crippen LogP contribution in [-0.4, -0.2) is 70.1 Å². The van der Waals surface area contributed by atoms with E-state index in [-0.39, 0.29) is 42.8 Å². The van der Waals surface area contributed by atoms with Gasteiger partial charge in [-0.1, -0.05) is 48.7 Å². The maximum absolute atomic E-state index is 14.4. The van der Waals surface area contributed by atoms with Gasteiger partial charge < -0.3 is 19.6 Å². The van der Waals surface area contributed by atoms with E-state index >= 15 is 0 Å². The minimum atomic E-state index is -0.713. The van der Waals surface area contributed by atoms with Crippen LogP contribution in [0.1, 0.15) is 44.9 Å². The Kier molecular flexibility index (Phi) is 9.60. The normalized spacial score (nSPS) is 27.3. The van der Waals surface area contributed by atoms with Crippen LogP contribution < -0.4 is 4.90 Å². The van der Waals surface area contributed by atoms with E-state index < -0.39 is 22.6 Å². The number of likely N-dealkylation sites (tertiary alicyclic amines) is 1. The van der Waals surface area contributed by atoms with E-state index in [9.17, 15) is 14.4 Å². The number of aliphatic hydroxyl groups excluding tert-OH is 1. The van der Waals surface area contributed by atoms with Gasteiger partial charge in [-0.05, 0) is 44.2 Å². The summed E-state index contributed by atoms with van der Waals surface area (Å²) in [6, 6.07) is 6.47. The van der Waals surface area contributed by atoms with Gasteiger partial charge in [-0.3, -0.25) is 14.4 Å². The number of nitrogens with zero attached hydrogens (tertiary/aromatic N) is 2. The zero-order valence-corrected chi connectivity index (χ0v) is 23.3. The van der Waals surface area contributed by atoms with Crippen LogP contribution in [0.4, 0.5) is 5.69 Å². The number of unbranched alkanes of at least 4 members (excludes halogenated alkanes) is 3. The zero-order chi connectivity index (χ0) is 27.3. The molecule has 2 bridgehead atoms. The van der Waals surface area contributed by atoms with Crippen LogP contribution in [0.3, 0.4) is 0 Å². The van der Waals surface area contributed by atoms with Gasteiger partial charge in [0, 0.05) is 24.9 Å². The van der Waals surface area contributed by atoms with Gasteiger partial charge in [0.2, 0.25) is 5.91 Å². The lowest BCUT2D eigenvalue weighted by molar-refractivity contribution is -0.154. The summed E-state index contributed by atoms with van der Waals surface area (Å²) in [4.78, 5) is 45.1. The molecule has 38 heavy (non-hydrogen) atoms. The molecule has 2 unspecified atom stereocenters. The zero-order valence-electron chi connectivity index (χ0n) is 21.7. The Morgan fingerprint density at radius 1 is 1.21 bits per heavy atom. The first-order valence-electron chi connectivity index (χ1n) is 13.4. The molecule has 9 heteroatoms. The molecule has 1 N–H and O–H groups in total. The number of carbonyl (C=O) groups is 3. The average Bonchev–Trinajstić information content (AvgIpc) is 3.55. The molecule has 7 nitrogen and oxygen atoms in total. The molecule has 206 valence electrons. The summed E-state index contributed by atoms with van der Waals surface area (Å²) in [6.45, 7) is 8.57. The summed E-state index contributed by atoms with van der Waals surface area (Å²) >= 11 is 8.14. The molecule has 3 saturated heterocycles. The third-order valence-electron chi connectivity index (χ3n) is 7.90. The highest BCUT2D eigenvalue weighted by Gasteiger charge is 2.74. The highest BCUT2D eigenvalue weighted by Crippen LogP contribution is 2.66. The van der Waals surface area contributed by atoms with Crippen molar-refractivity contribution in [3.8, 4) is 0 Å². The largest absolute Gasteiger partial charge is 0.465 e. The van der Waals surface area contributed by atoms with Crippen molar-refractivity contribution < 1.29 is 24.2 Å². The van der Waals surface area contributed by atoms with Crippen LogP contribution in [-0.2, 0) is 19.1 Å². The Morgan fingerprint density at radius 2 is 1.97 bits per heavy atom. The highest BCUT2D eigenvalue weighted by atomic mass is 35.5. The van der Waals surface area contributed by atoms with E-state index in [0.29, 0.717) is 42.9 Å². The van der Waals surface area contributed by atoms with Gasteiger partial charge in [0.05, 0.1) is 33.9 Å². The molecular formula is C29H37ClN2O5S. The fourth-order valence-electron chi connectivity index (χ4n) is 6.28. The molecule has 0 saturated carbocycles. The number of esters is 1. The average molecular weight is 561 g/mol. The van der Waals surface area contributed by atoms with Crippen molar-refractivity contribution in [1.82, 2.24) is 4.90 Å². The van der Waals surface area contributed by atoms with Crippen LogP contribution in [0.25, 0.3) is 0 Å². The van der Waals surface area contributed by atoms with Gasteiger partial charge in [-0.2, -0.15) is 0 Å². The second-order valence-corrected chi connectivity index (χ2v) is 12.2. The van der Waals surface area contributed by atoms with Crippen LogP contribution in [0.5, 0.6) is 0 Å². The van der Waals surface area contributed by atoms with Gasteiger partial charge in [0.1, 0.15) is 6.04 Å². The molecule has 3 aliphatic heterocycles. The summed E-state index contributed by atoms with van der Waals surface area (Å²) in [6.07, 6.45) is 8.47. The SMILES string of the molecule is C=CCCOC(=O)[C@@H]1[C@H]2C(=O)N(CCCCCCO)C(C(=O)N(CC=C)c3ccccc3Cl)C23CC[C@H]1S3. The van der Waals surface area contributed by atoms with Crippen LogP contribution in [0, 0.1) is 11.8 Å². The van der Waals surface area contributed by atoms with Crippen LogP contribution >= 0.6 is 23.4 Å². The van der Waals surface area contributed by atoms with Gasteiger partial charge in [0.15, 0.2) is 0 Å². The minimum Gasteiger partial charge on any atom is -0.465 e. The number of amides is 2. The first kappa shape index (κ1) is 28.7. The van der Waals surface area contributed by atoms with Gasteiger partial charge >= 0.3 is 5.97 Å². The number of anilines is 1. The molecule has 5 atom stereocenters. The number of para-hydroxylation sites is 1. The lowest BCUT2D eigenvalue weighted by Crippen LogP contribution is -2.55. The number of fused-ring (bicyclic) bond motifs is 1. The third-order valence-corrected chi connectivity index (χ3v) is 10.2. The lowest BCUT2D eigenvalue weighted by Gasteiger charge is -2.37. The van der Waals surface area contributed by atoms with Crippen molar-refractivity contribution in [2.75, 3.05) is 31.2 Å². The van der Waals surface area contributed by atoms with Gasteiger partial charge in [-0.25, -0.2) is 0 Å². The van der Waals surface area contributed by atoms with E-state index in [4.69, 9.17) is 21.4 Å². The van der Waals surface area contributed by atoms with Crippen molar-refractivity contribution in [3.05, 3.63) is 54.6 Å². The lowest BCUT2D eigenvalue weighted by atomic mass is 9.71. The number of aliphatic hydroxyl groups is 1. The molecule has 0 radical (unpaired) electrons. The molecule has 4 rings (SSSR count). The number of halogens is 1. The topological polar surface area (TPSA) is 87.1 Å². The Hall–Kier alpha value is -2.29. The third kappa shape index (κ3) is 5.27. The first-order valence-corrected chi connectivity index (χ1v) is 14.7. The van der Waals surface area contributed by atoms with Crippen molar-refractivity contribution >= 4 is 46.8 Å². The summed E-state index contributed by atoms with van der Waals surface area (Å²) in [5.74, 6) is -1.84. The minimum absolute atomic E-state index is 0.0460. The number of thioether (sulfide) groups is 1. The monoisotopic (exact) mass is 560 g/mol. The van der Waals surface area contributed by atoms with E-state index in [2.05, 4.69) is 13.2 Å². The van der Waals surface area contributed by atoms with Crippen molar-refractivity contribution in [2.24, 2.45) is 11.8 Å². The number of rotatable bonds is 14. The van der Waals surface area contributed by atoms with E-state index in [0.717, 1.165) is 19.3 Å². The van der Waals surface area contributed by atoms with Crippen molar-refractivity contribution in [3.63, 3.8) is 0 Å². The quantitative estimate of drug-likeness (QED) is 0.203. The smallest absolute Gasteiger partial charge is 0.310 e. The molecule has 1 spiro atoms. The summed E-state index contributed by atoms with van der Waals surface area (Å²) < 4.78 is 4.87. The molecule has 3 fully saturated rings. The maximum Gasteiger partial charge on any atom is 0.310 e. The first-order chi connectivity index (χ1) is 18.4. The Balaban J connectivity index is 1.68.